The summed E-state index contributed by atoms with van der Waals surface area (Å²) < 4.78 is 0. The lowest BCUT2D eigenvalue weighted by molar-refractivity contribution is 1.23. The Morgan fingerprint density at radius 2 is 1.10 bits per heavy atom. The second kappa shape index (κ2) is 6.26. The molecule has 0 aliphatic heterocycles. The van der Waals surface area contributed by atoms with Gasteiger partial charge in [0.1, 0.15) is 0 Å². The predicted octanol–water partition coefficient (Wildman–Crippen LogP) is 7.41. The molecule has 136 valence electrons. The Bertz CT molecular complexity index is 1560. The first-order valence-corrected chi connectivity index (χ1v) is 9.94. The Hall–Kier alpha value is -3.49. The number of rotatable bonds is 1. The average Bonchev–Trinajstić information content (AvgIpc) is 2.78. The first-order chi connectivity index (χ1) is 14.3. The van der Waals surface area contributed by atoms with Gasteiger partial charge in [0.2, 0.25) is 5.28 Å². The van der Waals surface area contributed by atoms with Crippen LogP contribution in [0, 0.1) is 0 Å². The molecule has 0 amide bonds. The minimum atomic E-state index is 0.265. The molecule has 0 aliphatic rings. The van der Waals surface area contributed by atoms with Crippen LogP contribution in [0.25, 0.3) is 54.5 Å². The molecule has 6 aromatic rings. The molecule has 0 saturated carbocycles. The van der Waals surface area contributed by atoms with Gasteiger partial charge in [-0.25, -0.2) is 9.97 Å². The van der Waals surface area contributed by atoms with E-state index in [1.165, 1.54) is 16.2 Å². The molecule has 0 atom stereocenters. The van der Waals surface area contributed by atoms with Crippen LogP contribution in [0.2, 0.25) is 5.28 Å². The van der Waals surface area contributed by atoms with E-state index in [2.05, 4.69) is 89.9 Å². The molecule has 0 fully saturated rings. The fourth-order valence-corrected chi connectivity index (χ4v) is 4.54. The highest BCUT2D eigenvalue weighted by molar-refractivity contribution is 6.32. The molecule has 6 rings (SSSR count). The molecule has 5 aromatic carbocycles. The average molecular weight is 391 g/mol. The first-order valence-electron chi connectivity index (χ1n) is 9.56. The summed E-state index contributed by atoms with van der Waals surface area (Å²) in [5, 5.41) is 8.24. The Balaban J connectivity index is 1.90. The van der Waals surface area contributed by atoms with Crippen LogP contribution in [0.4, 0.5) is 0 Å². The molecule has 0 N–H and O–H groups in total. The number of nitrogens with zero attached hydrogens (tertiary/aromatic N) is 2. The monoisotopic (exact) mass is 390 g/mol. The van der Waals surface area contributed by atoms with Crippen molar-refractivity contribution in [1.29, 1.82) is 0 Å². The summed E-state index contributed by atoms with van der Waals surface area (Å²) in [5.41, 5.74) is 2.83. The molecule has 0 unspecified atom stereocenters. The van der Waals surface area contributed by atoms with Crippen molar-refractivity contribution in [3.63, 3.8) is 0 Å². The number of hydrogen-bond acceptors (Lipinski definition) is 2. The van der Waals surface area contributed by atoms with E-state index >= 15 is 0 Å². The van der Waals surface area contributed by atoms with Gasteiger partial charge in [0.15, 0.2) is 0 Å². The Labute approximate surface area is 172 Å². The number of fused-ring (bicyclic) bond motifs is 7. The van der Waals surface area contributed by atoms with E-state index in [-0.39, 0.29) is 5.28 Å². The van der Waals surface area contributed by atoms with Crippen molar-refractivity contribution < 1.29 is 0 Å². The topological polar surface area (TPSA) is 25.8 Å². The van der Waals surface area contributed by atoms with Crippen LogP contribution in [0.15, 0.2) is 91.0 Å². The lowest BCUT2D eigenvalue weighted by atomic mass is 9.93. The van der Waals surface area contributed by atoms with Crippen LogP contribution in [-0.2, 0) is 0 Å². The number of halogens is 1. The Morgan fingerprint density at radius 3 is 1.90 bits per heavy atom. The zero-order chi connectivity index (χ0) is 19.4. The maximum Gasteiger partial charge on any atom is 0.223 e. The highest BCUT2D eigenvalue weighted by Gasteiger charge is 2.17. The fraction of sp³-hybridized carbons (Fsp3) is 0. The van der Waals surface area contributed by atoms with E-state index in [1.807, 2.05) is 6.07 Å². The molecular weight excluding hydrogens is 376 g/mol. The van der Waals surface area contributed by atoms with E-state index in [0.717, 1.165) is 38.3 Å². The summed E-state index contributed by atoms with van der Waals surface area (Å²) in [7, 11) is 0. The van der Waals surface area contributed by atoms with Crippen molar-refractivity contribution >= 4 is 54.8 Å². The van der Waals surface area contributed by atoms with Crippen molar-refractivity contribution in [3.05, 3.63) is 96.3 Å². The third kappa shape index (κ3) is 2.43. The second-order valence-electron chi connectivity index (χ2n) is 7.18. The molecule has 0 aliphatic carbocycles. The molecule has 1 heterocycles. The zero-order valence-corrected chi connectivity index (χ0v) is 16.2. The summed E-state index contributed by atoms with van der Waals surface area (Å²) in [6.45, 7) is 0. The van der Waals surface area contributed by atoms with Crippen molar-refractivity contribution in [2.45, 2.75) is 0 Å². The summed E-state index contributed by atoms with van der Waals surface area (Å²) >= 11 is 6.45. The van der Waals surface area contributed by atoms with Gasteiger partial charge in [-0.15, -0.1) is 0 Å². The smallest absolute Gasteiger partial charge is 0.217 e. The number of aromatic nitrogens is 2. The van der Waals surface area contributed by atoms with E-state index < -0.39 is 0 Å². The van der Waals surface area contributed by atoms with Gasteiger partial charge in [0, 0.05) is 16.3 Å². The molecule has 0 bridgehead atoms. The Morgan fingerprint density at radius 1 is 0.517 bits per heavy atom. The Kier molecular flexibility index (Phi) is 3.56. The molecule has 0 spiro atoms. The summed E-state index contributed by atoms with van der Waals surface area (Å²) in [6.07, 6.45) is 0. The number of hydrogen-bond donors (Lipinski definition) is 0. The highest BCUT2D eigenvalue weighted by atomic mass is 35.5. The van der Waals surface area contributed by atoms with Crippen LogP contribution < -0.4 is 0 Å². The first kappa shape index (κ1) is 16.5. The molecular formula is C26H15ClN2. The maximum atomic E-state index is 6.45. The SMILES string of the molecule is Clc1nc(-c2cccc3ccccc23)c2c3ccccc3c3ccccc3c2n1. The lowest BCUT2D eigenvalue weighted by Crippen LogP contribution is -1.95. The standard InChI is InChI=1S/C26H15ClN2/c27-26-28-24(21-15-7-9-16-8-1-2-10-17(16)21)23-20-13-5-3-11-18(20)19-12-4-6-14-22(19)25(23)29-26/h1-15H. The molecule has 2 nitrogen and oxygen atoms in total. The predicted molar refractivity (Wildman–Crippen MR) is 123 cm³/mol. The van der Waals surface area contributed by atoms with Crippen molar-refractivity contribution in [1.82, 2.24) is 9.97 Å². The van der Waals surface area contributed by atoms with Crippen LogP contribution >= 0.6 is 11.6 Å². The van der Waals surface area contributed by atoms with Crippen LogP contribution in [0.3, 0.4) is 0 Å². The van der Waals surface area contributed by atoms with Gasteiger partial charge in [-0.2, -0.15) is 0 Å². The fourth-order valence-electron chi connectivity index (χ4n) is 4.37. The second-order valence-corrected chi connectivity index (χ2v) is 7.52. The lowest BCUT2D eigenvalue weighted by Gasteiger charge is -2.14. The molecule has 29 heavy (non-hydrogen) atoms. The summed E-state index contributed by atoms with van der Waals surface area (Å²) in [5.74, 6) is 0. The molecule has 3 heteroatoms. The van der Waals surface area contributed by atoms with E-state index in [9.17, 15) is 0 Å². The summed E-state index contributed by atoms with van der Waals surface area (Å²) in [4.78, 5) is 9.41. The van der Waals surface area contributed by atoms with Gasteiger partial charge in [-0.1, -0.05) is 91.0 Å². The maximum absolute atomic E-state index is 6.45. The minimum absolute atomic E-state index is 0.265. The van der Waals surface area contributed by atoms with Crippen LogP contribution in [0.1, 0.15) is 0 Å². The minimum Gasteiger partial charge on any atom is -0.217 e. The van der Waals surface area contributed by atoms with Crippen molar-refractivity contribution in [2.24, 2.45) is 0 Å². The summed E-state index contributed by atoms with van der Waals surface area (Å²) in [6, 6.07) is 31.5. The van der Waals surface area contributed by atoms with E-state index in [0.29, 0.717) is 0 Å². The molecule has 0 saturated heterocycles. The van der Waals surface area contributed by atoms with Gasteiger partial charge in [-0.3, -0.25) is 0 Å². The van der Waals surface area contributed by atoms with Gasteiger partial charge < -0.3 is 0 Å². The van der Waals surface area contributed by atoms with Crippen molar-refractivity contribution in [3.8, 4) is 11.3 Å². The molecule has 0 radical (unpaired) electrons. The van der Waals surface area contributed by atoms with Gasteiger partial charge in [-0.05, 0) is 38.5 Å². The van der Waals surface area contributed by atoms with Crippen molar-refractivity contribution in [2.75, 3.05) is 0 Å². The van der Waals surface area contributed by atoms with Crippen LogP contribution in [-0.4, -0.2) is 9.97 Å². The van der Waals surface area contributed by atoms with E-state index in [4.69, 9.17) is 16.6 Å². The third-order valence-corrected chi connectivity index (χ3v) is 5.76. The van der Waals surface area contributed by atoms with Gasteiger partial charge in [0.05, 0.1) is 11.2 Å². The zero-order valence-electron chi connectivity index (χ0n) is 15.4. The van der Waals surface area contributed by atoms with Gasteiger partial charge in [0.25, 0.3) is 0 Å². The van der Waals surface area contributed by atoms with Gasteiger partial charge >= 0.3 is 0 Å². The van der Waals surface area contributed by atoms with Crippen LogP contribution in [0.5, 0.6) is 0 Å². The number of benzene rings is 5. The normalized spacial score (nSPS) is 11.6. The largest absolute Gasteiger partial charge is 0.223 e. The third-order valence-electron chi connectivity index (χ3n) is 5.60. The highest BCUT2D eigenvalue weighted by Crippen LogP contribution is 2.40. The quantitative estimate of drug-likeness (QED) is 0.216. The van der Waals surface area contributed by atoms with E-state index in [1.54, 1.807) is 0 Å². The molecule has 1 aromatic heterocycles.